The molecule has 0 radical (unpaired) electrons. The van der Waals surface area contributed by atoms with Crippen LogP contribution in [0.25, 0.3) is 0 Å². The Morgan fingerprint density at radius 1 is 0.944 bits per heavy atom. The van der Waals surface area contributed by atoms with E-state index in [0.29, 0.717) is 28.6 Å². The van der Waals surface area contributed by atoms with Gasteiger partial charge < -0.3 is 14.5 Å². The Labute approximate surface area is 213 Å². The monoisotopic (exact) mass is 535 g/mol. The first-order chi connectivity index (χ1) is 17.2. The zero-order valence-corrected chi connectivity index (χ0v) is 21.1. The molecule has 0 atom stereocenters. The normalized spacial score (nSPS) is 17.2. The van der Waals surface area contributed by atoms with Crippen LogP contribution in [0.5, 0.6) is 11.6 Å². The first-order valence-electron chi connectivity index (χ1n) is 11.4. The van der Waals surface area contributed by atoms with Gasteiger partial charge in [0.15, 0.2) is 11.6 Å². The SMILES string of the molecule is CN1CCN(c2nc3c(c(Oc4ccc(F)c(F)c4)n2)CN(S(=O)(=O)c2ccc(Cl)cc2)CC3)CC1. The van der Waals surface area contributed by atoms with Crippen LogP contribution in [0.3, 0.4) is 0 Å². The molecular formula is C24H24ClF2N5O3S. The predicted molar refractivity (Wildman–Crippen MR) is 131 cm³/mol. The van der Waals surface area contributed by atoms with Crippen molar-refractivity contribution in [3.63, 3.8) is 0 Å². The van der Waals surface area contributed by atoms with Gasteiger partial charge in [-0.3, -0.25) is 0 Å². The predicted octanol–water partition coefficient (Wildman–Crippen LogP) is 3.70. The first-order valence-corrected chi connectivity index (χ1v) is 13.2. The van der Waals surface area contributed by atoms with Crippen molar-refractivity contribution >= 4 is 27.6 Å². The van der Waals surface area contributed by atoms with E-state index in [-0.39, 0.29) is 29.6 Å². The highest BCUT2D eigenvalue weighted by Crippen LogP contribution is 2.34. The molecule has 3 heterocycles. The maximum Gasteiger partial charge on any atom is 0.243 e. The summed E-state index contributed by atoms with van der Waals surface area (Å²) >= 11 is 5.92. The smallest absolute Gasteiger partial charge is 0.243 e. The lowest BCUT2D eigenvalue weighted by atomic mass is 10.1. The van der Waals surface area contributed by atoms with E-state index in [2.05, 4.69) is 9.88 Å². The zero-order valence-electron chi connectivity index (χ0n) is 19.5. The number of aromatic nitrogens is 2. The average Bonchev–Trinajstić information content (AvgIpc) is 2.86. The third kappa shape index (κ3) is 5.01. The molecule has 0 bridgehead atoms. The minimum absolute atomic E-state index is 0.0255. The summed E-state index contributed by atoms with van der Waals surface area (Å²) in [7, 11) is -1.78. The van der Waals surface area contributed by atoms with Crippen molar-refractivity contribution in [2.24, 2.45) is 0 Å². The Morgan fingerprint density at radius 3 is 2.36 bits per heavy atom. The highest BCUT2D eigenvalue weighted by Gasteiger charge is 2.33. The molecule has 0 N–H and O–H groups in total. The van der Waals surface area contributed by atoms with Crippen LogP contribution in [0.2, 0.25) is 5.02 Å². The maximum absolute atomic E-state index is 13.9. The standard InChI is InChI=1S/C24H24ClF2N5O3S/c1-30-10-12-31(13-11-30)24-28-22-8-9-32(36(33,34)18-5-2-16(25)3-6-18)15-19(22)23(29-24)35-17-4-7-20(26)21(27)14-17/h2-7,14H,8-13,15H2,1H3. The van der Waals surface area contributed by atoms with E-state index >= 15 is 0 Å². The molecule has 2 aliphatic heterocycles. The molecule has 2 aromatic carbocycles. The molecule has 0 unspecified atom stereocenters. The number of rotatable bonds is 5. The van der Waals surface area contributed by atoms with Crippen molar-refractivity contribution in [3.8, 4) is 11.6 Å². The van der Waals surface area contributed by atoms with Crippen molar-refractivity contribution in [3.05, 3.63) is 70.4 Å². The molecule has 0 aliphatic carbocycles. The van der Waals surface area contributed by atoms with Gasteiger partial charge in [-0.2, -0.15) is 9.29 Å². The number of hydrogen-bond donors (Lipinski definition) is 0. The molecule has 2 aliphatic rings. The summed E-state index contributed by atoms with van der Waals surface area (Å²) in [5.41, 5.74) is 1.15. The van der Waals surface area contributed by atoms with Crippen LogP contribution in [-0.4, -0.2) is 67.4 Å². The Hall–Kier alpha value is -2.86. The third-order valence-corrected chi connectivity index (χ3v) is 8.43. The van der Waals surface area contributed by atoms with Crippen molar-refractivity contribution in [2.45, 2.75) is 17.9 Å². The van der Waals surface area contributed by atoms with Crippen LogP contribution in [0.15, 0.2) is 47.4 Å². The molecule has 12 heteroatoms. The molecule has 0 saturated carbocycles. The van der Waals surface area contributed by atoms with Crippen LogP contribution in [0, 0.1) is 11.6 Å². The van der Waals surface area contributed by atoms with Gasteiger partial charge in [-0.25, -0.2) is 22.2 Å². The fraction of sp³-hybridized carbons (Fsp3) is 0.333. The van der Waals surface area contributed by atoms with E-state index in [1.165, 1.54) is 34.6 Å². The van der Waals surface area contributed by atoms with E-state index in [4.69, 9.17) is 21.3 Å². The number of nitrogens with zero attached hydrogens (tertiary/aromatic N) is 5. The van der Waals surface area contributed by atoms with Crippen LogP contribution in [0.1, 0.15) is 11.3 Å². The molecule has 0 amide bonds. The molecule has 1 saturated heterocycles. The average molecular weight is 536 g/mol. The fourth-order valence-electron chi connectivity index (χ4n) is 4.19. The van der Waals surface area contributed by atoms with Gasteiger partial charge in [-0.05, 0) is 43.4 Å². The number of anilines is 1. The summed E-state index contributed by atoms with van der Waals surface area (Å²) < 4.78 is 61.2. The van der Waals surface area contributed by atoms with E-state index in [0.717, 1.165) is 38.3 Å². The van der Waals surface area contributed by atoms with Crippen LogP contribution in [0.4, 0.5) is 14.7 Å². The second-order valence-electron chi connectivity index (χ2n) is 8.76. The minimum Gasteiger partial charge on any atom is -0.438 e. The maximum atomic E-state index is 13.9. The Balaban J connectivity index is 1.51. The van der Waals surface area contributed by atoms with E-state index in [1.54, 1.807) is 0 Å². The number of fused-ring (bicyclic) bond motifs is 1. The number of halogens is 3. The van der Waals surface area contributed by atoms with E-state index < -0.39 is 21.7 Å². The molecular weight excluding hydrogens is 512 g/mol. The summed E-state index contributed by atoms with van der Waals surface area (Å²) in [5, 5.41) is 0.435. The molecule has 8 nitrogen and oxygen atoms in total. The molecule has 1 fully saturated rings. The second-order valence-corrected chi connectivity index (χ2v) is 11.1. The Morgan fingerprint density at radius 2 is 1.67 bits per heavy atom. The van der Waals surface area contributed by atoms with Crippen molar-refractivity contribution in [1.82, 2.24) is 19.2 Å². The fourth-order valence-corrected chi connectivity index (χ4v) is 5.73. The number of sulfonamides is 1. The van der Waals surface area contributed by atoms with Crippen molar-refractivity contribution in [2.75, 3.05) is 44.7 Å². The van der Waals surface area contributed by atoms with Crippen LogP contribution in [-0.2, 0) is 23.0 Å². The van der Waals surface area contributed by atoms with Crippen LogP contribution < -0.4 is 9.64 Å². The van der Waals surface area contributed by atoms with Crippen molar-refractivity contribution < 1.29 is 21.9 Å². The number of benzene rings is 2. The summed E-state index contributed by atoms with van der Waals surface area (Å²) in [6, 6.07) is 9.16. The molecule has 36 heavy (non-hydrogen) atoms. The van der Waals surface area contributed by atoms with Crippen LogP contribution >= 0.6 is 11.6 Å². The number of piperazine rings is 1. The summed E-state index contributed by atoms with van der Waals surface area (Å²) in [6.45, 7) is 3.32. The molecule has 190 valence electrons. The van der Waals surface area contributed by atoms with Gasteiger partial charge in [0.1, 0.15) is 5.75 Å². The summed E-state index contributed by atoms with van der Waals surface area (Å²) in [4.78, 5) is 13.7. The van der Waals surface area contributed by atoms with Gasteiger partial charge in [0.05, 0.1) is 16.2 Å². The van der Waals surface area contributed by atoms with Gasteiger partial charge in [0.25, 0.3) is 0 Å². The topological polar surface area (TPSA) is 78.9 Å². The molecule has 0 spiro atoms. The highest BCUT2D eigenvalue weighted by atomic mass is 35.5. The first kappa shape index (κ1) is 24.8. The summed E-state index contributed by atoms with van der Waals surface area (Å²) in [6.07, 6.45) is 0.347. The quantitative estimate of drug-likeness (QED) is 0.493. The van der Waals surface area contributed by atoms with Gasteiger partial charge in [0, 0.05) is 56.8 Å². The van der Waals surface area contributed by atoms with Gasteiger partial charge in [-0.15, -0.1) is 0 Å². The number of likely N-dealkylation sites (N-methyl/N-ethyl adjacent to an activating group) is 1. The lowest BCUT2D eigenvalue weighted by Crippen LogP contribution is -2.45. The Bertz CT molecular complexity index is 1380. The third-order valence-electron chi connectivity index (χ3n) is 6.32. The Kier molecular flexibility index (Phi) is 6.82. The second kappa shape index (κ2) is 9.89. The molecule has 1 aromatic heterocycles. The van der Waals surface area contributed by atoms with Gasteiger partial charge >= 0.3 is 0 Å². The largest absolute Gasteiger partial charge is 0.438 e. The molecule has 3 aromatic rings. The molecule has 5 rings (SSSR count). The zero-order chi connectivity index (χ0) is 25.4. The highest BCUT2D eigenvalue weighted by molar-refractivity contribution is 7.89. The van der Waals surface area contributed by atoms with Gasteiger partial charge in [0.2, 0.25) is 21.9 Å². The lowest BCUT2D eigenvalue weighted by molar-refractivity contribution is 0.310. The van der Waals surface area contributed by atoms with Crippen molar-refractivity contribution in [1.29, 1.82) is 0 Å². The summed E-state index contributed by atoms with van der Waals surface area (Å²) in [5.74, 6) is -1.41. The van der Waals surface area contributed by atoms with Gasteiger partial charge in [-0.1, -0.05) is 11.6 Å². The van der Waals surface area contributed by atoms with E-state index in [9.17, 15) is 17.2 Å². The number of hydrogen-bond acceptors (Lipinski definition) is 7. The lowest BCUT2D eigenvalue weighted by Gasteiger charge is -2.34. The number of ether oxygens (including phenoxy) is 1. The van der Waals surface area contributed by atoms with E-state index in [1.807, 2.05) is 11.9 Å². The minimum atomic E-state index is -3.82.